The zero-order valence-corrected chi connectivity index (χ0v) is 7.65. The molecule has 0 aliphatic rings. The molecule has 0 saturated carbocycles. The third kappa shape index (κ3) is 1.84. The van der Waals surface area contributed by atoms with Gasteiger partial charge in [0.25, 0.3) is 0 Å². The van der Waals surface area contributed by atoms with Crippen molar-refractivity contribution in [1.29, 1.82) is 0 Å². The second kappa shape index (κ2) is 3.39. The number of nitrogens with zero attached hydrogens (tertiary/aromatic N) is 1. The van der Waals surface area contributed by atoms with Crippen LogP contribution in [0.1, 0.15) is 19.2 Å². The van der Waals surface area contributed by atoms with E-state index < -0.39 is 0 Å². The van der Waals surface area contributed by atoms with Gasteiger partial charge < -0.3 is 4.98 Å². The van der Waals surface area contributed by atoms with Crippen LogP contribution < -0.4 is 10.7 Å². The monoisotopic (exact) mass is 162 g/mol. The van der Waals surface area contributed by atoms with Crippen molar-refractivity contribution in [2.24, 2.45) is 0 Å². The average Bonchev–Trinajstić information content (AvgIpc) is 2.30. The topological polar surface area (TPSA) is 28.7 Å². The largest absolute Gasteiger partial charge is 0.343 e. The van der Waals surface area contributed by atoms with E-state index in [-0.39, 0.29) is 0 Å². The van der Waals surface area contributed by atoms with Gasteiger partial charge in [-0.25, -0.2) is 4.98 Å². The Balaban J connectivity index is 3.18. The first kappa shape index (κ1) is 8.78. The minimum absolute atomic E-state index is 0.863. The fraction of sp³-hybridized carbons (Fsp3) is 0.300. The maximum absolute atomic E-state index is 4.26. The Morgan fingerprint density at radius 3 is 2.75 bits per heavy atom. The number of hydrogen-bond acceptors (Lipinski definition) is 1. The van der Waals surface area contributed by atoms with Crippen LogP contribution in [-0.4, -0.2) is 9.97 Å². The zero-order chi connectivity index (χ0) is 9.14. The number of H-pyrrole nitrogens is 1. The highest BCUT2D eigenvalue weighted by molar-refractivity contribution is 5.42. The summed E-state index contributed by atoms with van der Waals surface area (Å²) in [5, 5.41) is 1.77. The summed E-state index contributed by atoms with van der Waals surface area (Å²) in [6.07, 6.45) is 2.91. The first-order valence-corrected chi connectivity index (χ1v) is 4.04. The van der Waals surface area contributed by atoms with Crippen molar-refractivity contribution in [2.45, 2.75) is 20.3 Å². The number of nitrogens with one attached hydrogen (secondary N) is 1. The van der Waals surface area contributed by atoms with Crippen LogP contribution in [0.4, 0.5) is 0 Å². The van der Waals surface area contributed by atoms with Gasteiger partial charge in [0.1, 0.15) is 5.82 Å². The van der Waals surface area contributed by atoms with Crippen molar-refractivity contribution in [3.05, 3.63) is 28.7 Å². The van der Waals surface area contributed by atoms with E-state index in [1.54, 1.807) is 0 Å². The van der Waals surface area contributed by atoms with E-state index in [1.165, 1.54) is 0 Å². The molecule has 0 saturated heterocycles. The van der Waals surface area contributed by atoms with Gasteiger partial charge in [-0.3, -0.25) is 0 Å². The van der Waals surface area contributed by atoms with Crippen molar-refractivity contribution >= 4 is 12.7 Å². The maximum atomic E-state index is 4.26. The third-order valence-corrected chi connectivity index (χ3v) is 1.72. The smallest absolute Gasteiger partial charge is 0.104 e. The summed E-state index contributed by atoms with van der Waals surface area (Å²) in [4.78, 5) is 7.31. The number of allylic oxidation sites excluding steroid dienone is 1. The molecule has 1 heterocycles. The Bertz CT molecular complexity index is 384. The van der Waals surface area contributed by atoms with Gasteiger partial charge in [-0.2, -0.15) is 0 Å². The fourth-order valence-electron chi connectivity index (χ4n) is 0.973. The number of imidazole rings is 1. The Kier molecular flexibility index (Phi) is 2.48. The molecule has 0 fully saturated rings. The van der Waals surface area contributed by atoms with Gasteiger partial charge in [-0.15, -0.1) is 0 Å². The van der Waals surface area contributed by atoms with E-state index in [9.17, 15) is 0 Å². The lowest BCUT2D eigenvalue weighted by atomic mass is 10.2. The van der Waals surface area contributed by atoms with Crippen molar-refractivity contribution in [3.63, 3.8) is 0 Å². The van der Waals surface area contributed by atoms with E-state index >= 15 is 0 Å². The van der Waals surface area contributed by atoms with Crippen LogP contribution in [0.25, 0.3) is 12.7 Å². The standard InChI is InChI=1S/C10H14N2/c1-5-7(2)6-10-8(3)11-9(4)12-10/h6H,2-3,5H2,1,4H3,(H,11,12)/b10-6+. The molecule has 0 radical (unpaired) electrons. The molecule has 0 atom stereocenters. The number of hydrogen-bond donors (Lipinski definition) is 1. The molecule has 0 unspecified atom stereocenters. The lowest BCUT2D eigenvalue weighted by Gasteiger charge is -1.87. The molecule has 2 heteroatoms. The van der Waals surface area contributed by atoms with Crippen molar-refractivity contribution in [3.8, 4) is 0 Å². The van der Waals surface area contributed by atoms with Gasteiger partial charge >= 0.3 is 0 Å². The highest BCUT2D eigenvalue weighted by Gasteiger charge is 1.90. The molecule has 1 aromatic heterocycles. The van der Waals surface area contributed by atoms with Crippen molar-refractivity contribution in [1.82, 2.24) is 9.97 Å². The molecule has 0 aromatic carbocycles. The molecule has 12 heavy (non-hydrogen) atoms. The van der Waals surface area contributed by atoms with E-state index in [2.05, 4.69) is 30.0 Å². The molecule has 0 amide bonds. The van der Waals surface area contributed by atoms with Crippen LogP contribution in [0.3, 0.4) is 0 Å². The second-order valence-electron chi connectivity index (χ2n) is 2.84. The number of rotatable bonds is 2. The molecule has 2 nitrogen and oxygen atoms in total. The second-order valence-corrected chi connectivity index (χ2v) is 2.84. The average molecular weight is 162 g/mol. The van der Waals surface area contributed by atoms with Gasteiger partial charge in [-0.05, 0) is 19.4 Å². The summed E-state index contributed by atoms with van der Waals surface area (Å²) in [5.74, 6) is 0.898. The Labute approximate surface area is 72.3 Å². The zero-order valence-electron chi connectivity index (χ0n) is 7.65. The van der Waals surface area contributed by atoms with Crippen molar-refractivity contribution < 1.29 is 0 Å². The van der Waals surface area contributed by atoms with Gasteiger partial charge in [0.2, 0.25) is 0 Å². The Morgan fingerprint density at radius 1 is 1.67 bits per heavy atom. The normalized spacial score (nSPS) is 12.0. The Hall–Kier alpha value is -1.31. The summed E-state index contributed by atoms with van der Waals surface area (Å²) in [6, 6.07) is 0. The van der Waals surface area contributed by atoms with Crippen LogP contribution in [0.5, 0.6) is 0 Å². The quantitative estimate of drug-likeness (QED) is 0.687. The highest BCUT2D eigenvalue weighted by Crippen LogP contribution is 1.95. The van der Waals surface area contributed by atoms with E-state index in [0.717, 1.165) is 28.5 Å². The minimum Gasteiger partial charge on any atom is -0.343 e. The van der Waals surface area contributed by atoms with E-state index in [1.807, 2.05) is 13.0 Å². The fourth-order valence-corrected chi connectivity index (χ4v) is 0.973. The molecule has 1 N–H and O–H groups in total. The maximum Gasteiger partial charge on any atom is 0.104 e. The summed E-state index contributed by atoms with van der Waals surface area (Å²) in [6.45, 7) is 11.7. The Morgan fingerprint density at radius 2 is 2.33 bits per heavy atom. The SMILES string of the molecule is C=C(/C=c1/nc(C)[nH]c1=C)CC. The van der Waals surface area contributed by atoms with E-state index in [4.69, 9.17) is 0 Å². The summed E-state index contributed by atoms with van der Waals surface area (Å²) in [5.41, 5.74) is 1.08. The van der Waals surface area contributed by atoms with Crippen LogP contribution >= 0.6 is 0 Å². The van der Waals surface area contributed by atoms with Gasteiger partial charge in [-0.1, -0.05) is 25.7 Å². The van der Waals surface area contributed by atoms with Crippen LogP contribution in [-0.2, 0) is 0 Å². The van der Waals surface area contributed by atoms with E-state index in [0.29, 0.717) is 0 Å². The molecule has 0 spiro atoms. The van der Waals surface area contributed by atoms with Crippen molar-refractivity contribution in [2.75, 3.05) is 0 Å². The minimum atomic E-state index is 0.863. The molecular weight excluding hydrogens is 148 g/mol. The predicted molar refractivity (Wildman–Crippen MR) is 52.0 cm³/mol. The first-order chi connectivity index (χ1) is 5.63. The van der Waals surface area contributed by atoms with Gasteiger partial charge in [0.15, 0.2) is 0 Å². The van der Waals surface area contributed by atoms with Crippen LogP contribution in [0.15, 0.2) is 12.2 Å². The predicted octanol–water partition coefficient (Wildman–Crippen LogP) is 0.875. The highest BCUT2D eigenvalue weighted by atomic mass is 14.9. The molecule has 1 aromatic rings. The van der Waals surface area contributed by atoms with Gasteiger partial charge in [0.05, 0.1) is 10.7 Å². The number of aryl methyl sites for hydroxylation is 1. The van der Waals surface area contributed by atoms with Crippen LogP contribution in [0, 0.1) is 6.92 Å². The first-order valence-electron chi connectivity index (χ1n) is 4.04. The molecule has 0 bridgehead atoms. The molecule has 1 rings (SSSR count). The lowest BCUT2D eigenvalue weighted by molar-refractivity contribution is 1.13. The summed E-state index contributed by atoms with van der Waals surface area (Å²) >= 11 is 0. The molecular formula is C10H14N2. The molecule has 64 valence electrons. The number of aromatic amines is 1. The molecule has 0 aliphatic carbocycles. The number of aromatic nitrogens is 2. The van der Waals surface area contributed by atoms with Crippen LogP contribution in [0.2, 0.25) is 0 Å². The summed E-state index contributed by atoms with van der Waals surface area (Å²) < 4.78 is 0. The summed E-state index contributed by atoms with van der Waals surface area (Å²) in [7, 11) is 0. The molecule has 0 aliphatic heterocycles. The third-order valence-electron chi connectivity index (χ3n) is 1.72. The van der Waals surface area contributed by atoms with Gasteiger partial charge in [0, 0.05) is 0 Å². The lowest BCUT2D eigenvalue weighted by Crippen LogP contribution is -2.22.